The van der Waals surface area contributed by atoms with Gasteiger partial charge in [0.15, 0.2) is 0 Å². The Morgan fingerprint density at radius 2 is 1.33 bits per heavy atom. The number of hydrogen-bond acceptors (Lipinski definition) is 7. The van der Waals surface area contributed by atoms with Crippen molar-refractivity contribution in [3.05, 3.63) is 74.9 Å². The van der Waals surface area contributed by atoms with Crippen molar-refractivity contribution in [3.8, 4) is 6.07 Å². The van der Waals surface area contributed by atoms with Crippen molar-refractivity contribution in [3.63, 3.8) is 0 Å². The zero-order valence-corrected chi connectivity index (χ0v) is 29.1. The average Bonchev–Trinajstić information content (AvgIpc) is 3.75. The summed E-state index contributed by atoms with van der Waals surface area (Å²) in [6, 6.07) is 8.41. The van der Waals surface area contributed by atoms with Crippen molar-refractivity contribution < 1.29 is 19.1 Å². The molecule has 48 heavy (non-hydrogen) atoms. The molecule has 0 spiro atoms. The van der Waals surface area contributed by atoms with Crippen LogP contribution in [0.1, 0.15) is 104 Å². The summed E-state index contributed by atoms with van der Waals surface area (Å²) >= 11 is 0. The lowest BCUT2D eigenvalue weighted by Gasteiger charge is -2.07. The molecule has 9 nitrogen and oxygen atoms in total. The highest BCUT2D eigenvalue weighted by Gasteiger charge is 2.25. The van der Waals surface area contributed by atoms with Gasteiger partial charge in [0.25, 0.3) is 0 Å². The number of H-pyrrole nitrogens is 2. The van der Waals surface area contributed by atoms with E-state index in [1.54, 1.807) is 6.08 Å². The van der Waals surface area contributed by atoms with Gasteiger partial charge in [-0.3, -0.25) is 9.59 Å². The molecule has 3 aromatic heterocycles. The molecule has 9 heteroatoms. The first kappa shape index (κ1) is 34.1. The van der Waals surface area contributed by atoms with Crippen LogP contribution in [0.15, 0.2) is 24.3 Å². The fraction of sp³-hybridized carbons (Fsp3) is 0.359. The summed E-state index contributed by atoms with van der Waals surface area (Å²) in [5, 5.41) is 9.62. The topological polar surface area (TPSA) is 134 Å². The Bertz CT molecular complexity index is 2120. The fourth-order valence-corrected chi connectivity index (χ4v) is 6.84. The number of carbonyl (C=O) groups excluding carboxylic acids is 2. The minimum Gasteiger partial charge on any atom is -0.469 e. The zero-order chi connectivity index (χ0) is 34.7. The molecule has 0 radical (unpaired) electrons. The van der Waals surface area contributed by atoms with Crippen LogP contribution in [0, 0.1) is 25.2 Å². The Balaban J connectivity index is 2.00. The molecule has 0 amide bonds. The van der Waals surface area contributed by atoms with Gasteiger partial charge in [-0.15, -0.1) is 0 Å². The van der Waals surface area contributed by atoms with Gasteiger partial charge in [0.05, 0.1) is 43.1 Å². The molecule has 8 bridgehead atoms. The Morgan fingerprint density at radius 1 is 0.750 bits per heavy atom. The lowest BCUT2D eigenvalue weighted by molar-refractivity contribution is -0.141. The molecular weight excluding hydrogens is 602 g/mol. The number of aryl methyl sites for hydroxylation is 4. The second-order valence-electron chi connectivity index (χ2n) is 12.2. The lowest BCUT2D eigenvalue weighted by Crippen LogP contribution is -2.02. The number of fused-ring (bicyclic) bond motifs is 8. The number of methoxy groups -OCH3 is 2. The Labute approximate surface area is 281 Å². The highest BCUT2D eigenvalue weighted by Crippen LogP contribution is 2.40. The number of aromatic nitrogens is 4. The number of allylic oxidation sites excluding steroid dienone is 5. The first-order chi connectivity index (χ1) is 23.1. The molecule has 2 N–H and O–H groups in total. The summed E-state index contributed by atoms with van der Waals surface area (Å²) in [6.07, 6.45) is 6.15. The van der Waals surface area contributed by atoms with Crippen LogP contribution in [0.2, 0.25) is 0 Å². The number of hydrogen-bond donors (Lipinski definition) is 2. The van der Waals surface area contributed by atoms with Gasteiger partial charge in [-0.05, 0) is 122 Å². The van der Waals surface area contributed by atoms with E-state index in [0.717, 1.165) is 90.8 Å². The molecule has 2 aliphatic heterocycles. The molecule has 0 aliphatic carbocycles. The number of esters is 2. The number of carbonyl (C=O) groups is 2. The highest BCUT2D eigenvalue weighted by molar-refractivity contribution is 5.99. The lowest BCUT2D eigenvalue weighted by atomic mass is 9.95. The number of nitriles is 1. The van der Waals surface area contributed by atoms with Gasteiger partial charge in [-0.25, -0.2) is 9.97 Å². The molecular formula is C39H43N5O4. The van der Waals surface area contributed by atoms with Crippen LogP contribution in [0.25, 0.3) is 50.4 Å². The standard InChI is InChI=1S/C39H43N5O4/c1-9-25-21(3)30-18-31-23(5)27(13-15-36(45)47-7)34(42-31)20-35-28(14-16-37(46)48-8)24(6)38(44-35)29(12-11-17-40)39-26(10-2)22(4)32(43-39)19-33(25)41-30/h11-12,18-20,41-42H,9-10,13-16H2,1-8H3. The van der Waals surface area contributed by atoms with Crippen molar-refractivity contribution in [2.24, 2.45) is 0 Å². The van der Waals surface area contributed by atoms with Crippen molar-refractivity contribution in [2.45, 2.75) is 80.1 Å². The molecule has 248 valence electrons. The van der Waals surface area contributed by atoms with E-state index in [-0.39, 0.29) is 24.8 Å². The van der Waals surface area contributed by atoms with E-state index in [1.807, 2.05) is 13.0 Å². The second-order valence-corrected chi connectivity index (χ2v) is 12.2. The minimum absolute atomic E-state index is 0.186. The van der Waals surface area contributed by atoms with Crippen LogP contribution in [0.4, 0.5) is 0 Å². The van der Waals surface area contributed by atoms with E-state index in [9.17, 15) is 14.9 Å². The van der Waals surface area contributed by atoms with Crippen LogP contribution in [0.3, 0.4) is 0 Å². The molecule has 0 aromatic carbocycles. The normalized spacial score (nSPS) is 13.0. The Kier molecular flexibility index (Phi) is 10.1. The van der Waals surface area contributed by atoms with E-state index in [0.29, 0.717) is 24.2 Å². The third-order valence-electron chi connectivity index (χ3n) is 9.61. The molecule has 0 fully saturated rings. The molecule has 0 unspecified atom stereocenters. The highest BCUT2D eigenvalue weighted by atomic mass is 16.5. The van der Waals surface area contributed by atoms with Gasteiger partial charge in [0, 0.05) is 46.5 Å². The Morgan fingerprint density at radius 3 is 1.94 bits per heavy atom. The first-order valence-corrected chi connectivity index (χ1v) is 16.4. The number of rotatable bonds is 9. The van der Waals surface area contributed by atoms with Gasteiger partial charge in [-0.2, -0.15) is 5.26 Å². The van der Waals surface area contributed by atoms with Crippen LogP contribution >= 0.6 is 0 Å². The molecule has 2 aliphatic rings. The minimum atomic E-state index is -0.310. The largest absolute Gasteiger partial charge is 0.469 e. The van der Waals surface area contributed by atoms with E-state index in [2.05, 4.69) is 62.8 Å². The van der Waals surface area contributed by atoms with Gasteiger partial charge in [-0.1, -0.05) is 13.8 Å². The predicted octanol–water partition coefficient (Wildman–Crippen LogP) is 8.36. The monoisotopic (exact) mass is 645 g/mol. The summed E-state index contributed by atoms with van der Waals surface area (Å²) in [5.74, 6) is -0.594. The second kappa shape index (κ2) is 14.3. The van der Waals surface area contributed by atoms with Crippen molar-refractivity contribution in [1.29, 1.82) is 5.26 Å². The summed E-state index contributed by atoms with van der Waals surface area (Å²) < 4.78 is 9.96. The summed E-state index contributed by atoms with van der Waals surface area (Å²) in [5.41, 5.74) is 16.0. The third kappa shape index (κ3) is 6.35. The molecule has 0 saturated heterocycles. The summed E-state index contributed by atoms with van der Waals surface area (Å²) in [6.45, 7) is 12.6. The van der Waals surface area contributed by atoms with Crippen molar-refractivity contribution in [2.75, 3.05) is 14.2 Å². The average molecular weight is 646 g/mol. The third-order valence-corrected chi connectivity index (χ3v) is 9.61. The van der Waals surface area contributed by atoms with Crippen LogP contribution < -0.4 is 0 Å². The van der Waals surface area contributed by atoms with Crippen molar-refractivity contribution in [1.82, 2.24) is 19.9 Å². The SMILES string of the molecule is CCC1=C(C)c2cc3[nH]c(cc4[nH]c(cc5nc(c(C=CC#N)c1n2)C(C)=C5CCC(=O)OC)c(CCC(=O)OC)c4C)c(C)c3CC. The molecule has 0 atom stereocenters. The molecule has 3 aromatic rings. The Hall–Kier alpha value is -5.23. The number of ether oxygens (including phenoxy) is 2. The van der Waals surface area contributed by atoms with Crippen LogP contribution in [-0.4, -0.2) is 46.1 Å². The number of nitrogens with one attached hydrogen (secondary N) is 2. The smallest absolute Gasteiger partial charge is 0.305 e. The van der Waals surface area contributed by atoms with Gasteiger partial charge < -0.3 is 19.4 Å². The van der Waals surface area contributed by atoms with Crippen LogP contribution in [0.5, 0.6) is 0 Å². The zero-order valence-electron chi connectivity index (χ0n) is 29.1. The summed E-state index contributed by atoms with van der Waals surface area (Å²) in [4.78, 5) is 42.3. The molecule has 5 rings (SSSR count). The maximum Gasteiger partial charge on any atom is 0.305 e. The van der Waals surface area contributed by atoms with Gasteiger partial charge in [0.2, 0.25) is 0 Å². The summed E-state index contributed by atoms with van der Waals surface area (Å²) in [7, 11) is 2.79. The van der Waals surface area contributed by atoms with E-state index < -0.39 is 0 Å². The van der Waals surface area contributed by atoms with E-state index in [1.165, 1.54) is 25.9 Å². The first-order valence-electron chi connectivity index (χ1n) is 16.4. The van der Waals surface area contributed by atoms with Gasteiger partial charge >= 0.3 is 11.9 Å². The molecule has 5 heterocycles. The van der Waals surface area contributed by atoms with Gasteiger partial charge in [0.1, 0.15) is 0 Å². The quantitative estimate of drug-likeness (QED) is 0.176. The van der Waals surface area contributed by atoms with E-state index in [4.69, 9.17) is 19.4 Å². The van der Waals surface area contributed by atoms with Crippen molar-refractivity contribution >= 4 is 62.4 Å². The number of nitrogens with zero attached hydrogens (tertiary/aromatic N) is 3. The maximum absolute atomic E-state index is 12.3. The van der Waals surface area contributed by atoms with Crippen LogP contribution in [-0.2, 0) is 31.9 Å². The predicted molar refractivity (Wildman–Crippen MR) is 191 cm³/mol. The number of aromatic amines is 2. The fourth-order valence-electron chi connectivity index (χ4n) is 6.84. The maximum atomic E-state index is 12.3. The van der Waals surface area contributed by atoms with E-state index >= 15 is 0 Å². The molecule has 0 saturated carbocycles.